The fraction of sp³-hybridized carbons (Fsp3) is 0.333. The highest BCUT2D eigenvalue weighted by Crippen LogP contribution is 2.34. The second kappa shape index (κ2) is 4.84. The molecular weight excluding hydrogens is 225 g/mol. The average molecular weight is 236 g/mol. The molecule has 0 aliphatic rings. The zero-order chi connectivity index (χ0) is 10.7. The number of halogens is 2. The van der Waals surface area contributed by atoms with Crippen LogP contribution in [0.4, 0.5) is 0 Å². The van der Waals surface area contributed by atoms with Gasteiger partial charge in [-0.05, 0) is 19.2 Å². The number of nitrogens with one attached hydrogen (secondary N) is 1. The maximum absolute atomic E-state index is 9.58. The first-order valence-corrected chi connectivity index (χ1v) is 4.74. The zero-order valence-electron chi connectivity index (χ0n) is 7.84. The zero-order valence-corrected chi connectivity index (χ0v) is 9.36. The molecule has 1 rings (SSSR count). The maximum Gasteiger partial charge on any atom is 0.144 e. The number of benzene rings is 1. The van der Waals surface area contributed by atoms with Crippen LogP contribution < -0.4 is 10.1 Å². The Morgan fingerprint density at radius 1 is 1.43 bits per heavy atom. The Hall–Kier alpha value is -0.480. The minimum Gasteiger partial charge on any atom is -0.495 e. The van der Waals surface area contributed by atoms with Gasteiger partial charge in [-0.25, -0.2) is 0 Å². The second-order valence-electron chi connectivity index (χ2n) is 2.70. The van der Waals surface area contributed by atoms with E-state index in [1.54, 1.807) is 19.2 Å². The molecule has 0 saturated heterocycles. The molecule has 2 N–H and O–H groups in total. The van der Waals surface area contributed by atoms with Crippen LogP contribution in [0, 0.1) is 0 Å². The summed E-state index contributed by atoms with van der Waals surface area (Å²) in [5.41, 5.74) is 0.521. The summed E-state index contributed by atoms with van der Waals surface area (Å²) >= 11 is 11.7. The molecular formula is C9H11Cl2NO2. The quantitative estimate of drug-likeness (QED) is 0.790. The molecule has 0 aromatic heterocycles. The minimum absolute atomic E-state index is 0.379. The summed E-state index contributed by atoms with van der Waals surface area (Å²) in [5, 5.41) is 13.1. The lowest BCUT2D eigenvalue weighted by atomic mass is 10.1. The van der Waals surface area contributed by atoms with Crippen molar-refractivity contribution in [2.24, 2.45) is 0 Å². The maximum atomic E-state index is 9.58. The average Bonchev–Trinajstić information content (AvgIpc) is 2.15. The summed E-state index contributed by atoms with van der Waals surface area (Å²) in [6.07, 6.45) is -0.846. The highest BCUT2D eigenvalue weighted by Gasteiger charge is 2.15. The first kappa shape index (κ1) is 11.6. The van der Waals surface area contributed by atoms with Gasteiger partial charge in [0, 0.05) is 10.6 Å². The highest BCUT2D eigenvalue weighted by molar-refractivity contribution is 6.35. The van der Waals surface area contributed by atoms with Crippen LogP contribution in [0.5, 0.6) is 5.75 Å². The summed E-state index contributed by atoms with van der Waals surface area (Å²) in [5.74, 6) is 0.429. The Balaban J connectivity index is 3.24. The number of aliphatic hydroxyl groups excluding tert-OH is 1. The molecule has 0 aliphatic heterocycles. The Kier molecular flexibility index (Phi) is 4.01. The van der Waals surface area contributed by atoms with E-state index in [2.05, 4.69) is 5.32 Å². The van der Waals surface area contributed by atoms with Crippen LogP contribution in [0.15, 0.2) is 12.1 Å². The van der Waals surface area contributed by atoms with Crippen molar-refractivity contribution >= 4 is 23.2 Å². The SMILES string of the molecule is CNC(O)c1cc(Cl)cc(Cl)c1OC. The normalized spacial score (nSPS) is 12.6. The van der Waals surface area contributed by atoms with Gasteiger partial charge in [0.15, 0.2) is 0 Å². The van der Waals surface area contributed by atoms with Gasteiger partial charge in [0.25, 0.3) is 0 Å². The lowest BCUT2D eigenvalue weighted by Crippen LogP contribution is -2.16. The van der Waals surface area contributed by atoms with E-state index in [-0.39, 0.29) is 0 Å². The Bertz CT molecular complexity index is 331. The number of hydrogen-bond donors (Lipinski definition) is 2. The molecule has 0 radical (unpaired) electrons. The van der Waals surface area contributed by atoms with Crippen molar-refractivity contribution in [3.05, 3.63) is 27.7 Å². The van der Waals surface area contributed by atoms with E-state index in [0.717, 1.165) is 0 Å². The van der Waals surface area contributed by atoms with E-state index in [4.69, 9.17) is 27.9 Å². The summed E-state index contributed by atoms with van der Waals surface area (Å²) < 4.78 is 5.06. The monoisotopic (exact) mass is 235 g/mol. The molecule has 0 heterocycles. The van der Waals surface area contributed by atoms with Crippen LogP contribution in [0.2, 0.25) is 10.0 Å². The van der Waals surface area contributed by atoms with Crippen LogP contribution >= 0.6 is 23.2 Å². The molecule has 5 heteroatoms. The second-order valence-corrected chi connectivity index (χ2v) is 3.54. The van der Waals surface area contributed by atoms with Gasteiger partial charge in [-0.1, -0.05) is 23.2 Å². The lowest BCUT2D eigenvalue weighted by Gasteiger charge is -2.15. The van der Waals surface area contributed by atoms with Gasteiger partial charge in [-0.2, -0.15) is 0 Å². The molecule has 78 valence electrons. The van der Waals surface area contributed by atoms with Crippen LogP contribution in [-0.2, 0) is 0 Å². The van der Waals surface area contributed by atoms with Gasteiger partial charge in [-0.15, -0.1) is 0 Å². The molecule has 3 nitrogen and oxygen atoms in total. The van der Waals surface area contributed by atoms with Gasteiger partial charge < -0.3 is 9.84 Å². The molecule has 0 aliphatic carbocycles. The van der Waals surface area contributed by atoms with Crippen molar-refractivity contribution in [3.8, 4) is 5.75 Å². The first-order valence-electron chi connectivity index (χ1n) is 3.98. The summed E-state index contributed by atoms with van der Waals surface area (Å²) in [6.45, 7) is 0. The minimum atomic E-state index is -0.846. The van der Waals surface area contributed by atoms with Gasteiger partial charge in [0.1, 0.15) is 12.0 Å². The Morgan fingerprint density at radius 2 is 2.07 bits per heavy atom. The van der Waals surface area contributed by atoms with E-state index in [0.29, 0.717) is 21.4 Å². The number of hydrogen-bond acceptors (Lipinski definition) is 3. The fourth-order valence-corrected chi connectivity index (χ4v) is 1.74. The molecule has 1 aromatic carbocycles. The van der Waals surface area contributed by atoms with Gasteiger partial charge >= 0.3 is 0 Å². The number of methoxy groups -OCH3 is 1. The number of aliphatic hydroxyl groups is 1. The smallest absolute Gasteiger partial charge is 0.144 e. The van der Waals surface area contributed by atoms with E-state index < -0.39 is 6.23 Å². The largest absolute Gasteiger partial charge is 0.495 e. The van der Waals surface area contributed by atoms with Crippen LogP contribution in [0.1, 0.15) is 11.8 Å². The summed E-state index contributed by atoms with van der Waals surface area (Å²) in [6, 6.07) is 3.17. The molecule has 14 heavy (non-hydrogen) atoms. The van der Waals surface area contributed by atoms with Crippen molar-refractivity contribution in [3.63, 3.8) is 0 Å². The Labute approximate surface area is 92.6 Å². The van der Waals surface area contributed by atoms with E-state index >= 15 is 0 Å². The number of ether oxygens (including phenoxy) is 1. The third-order valence-corrected chi connectivity index (χ3v) is 2.31. The summed E-state index contributed by atoms with van der Waals surface area (Å²) in [7, 11) is 3.11. The number of rotatable bonds is 3. The van der Waals surface area contributed by atoms with Gasteiger partial charge in [0.05, 0.1) is 12.1 Å². The molecule has 1 unspecified atom stereocenters. The first-order chi connectivity index (χ1) is 6.60. The van der Waals surface area contributed by atoms with Crippen molar-refractivity contribution in [1.29, 1.82) is 0 Å². The van der Waals surface area contributed by atoms with E-state index in [9.17, 15) is 5.11 Å². The standard InChI is InChI=1S/C9H11Cl2NO2/c1-12-9(13)6-3-5(10)4-7(11)8(6)14-2/h3-4,9,12-13H,1-2H3. The topological polar surface area (TPSA) is 41.5 Å². The van der Waals surface area contributed by atoms with E-state index in [1.165, 1.54) is 7.11 Å². The molecule has 1 aromatic rings. The lowest BCUT2D eigenvalue weighted by molar-refractivity contribution is 0.145. The fourth-order valence-electron chi connectivity index (χ4n) is 1.15. The van der Waals surface area contributed by atoms with Crippen molar-refractivity contribution < 1.29 is 9.84 Å². The van der Waals surface area contributed by atoms with Gasteiger partial charge in [-0.3, -0.25) is 5.32 Å². The van der Waals surface area contributed by atoms with Crippen molar-refractivity contribution in [2.75, 3.05) is 14.2 Å². The predicted molar refractivity (Wildman–Crippen MR) is 57.0 cm³/mol. The van der Waals surface area contributed by atoms with Gasteiger partial charge in [0.2, 0.25) is 0 Å². The molecule has 0 bridgehead atoms. The van der Waals surface area contributed by atoms with E-state index in [1.807, 2.05) is 0 Å². The summed E-state index contributed by atoms with van der Waals surface area (Å²) in [4.78, 5) is 0. The molecule has 0 saturated carbocycles. The van der Waals surface area contributed by atoms with Crippen molar-refractivity contribution in [1.82, 2.24) is 5.32 Å². The predicted octanol–water partition coefficient (Wildman–Crippen LogP) is 2.21. The van der Waals surface area contributed by atoms with Crippen LogP contribution in [0.25, 0.3) is 0 Å². The molecule has 1 atom stereocenters. The molecule has 0 amide bonds. The van der Waals surface area contributed by atoms with Crippen LogP contribution in [0.3, 0.4) is 0 Å². The third kappa shape index (κ3) is 2.30. The Morgan fingerprint density at radius 3 is 2.57 bits per heavy atom. The highest BCUT2D eigenvalue weighted by atomic mass is 35.5. The molecule has 0 fully saturated rings. The van der Waals surface area contributed by atoms with Crippen molar-refractivity contribution in [2.45, 2.75) is 6.23 Å². The third-order valence-electron chi connectivity index (χ3n) is 1.81. The molecule has 0 spiro atoms. The van der Waals surface area contributed by atoms with Crippen LogP contribution in [-0.4, -0.2) is 19.3 Å².